The van der Waals surface area contributed by atoms with Gasteiger partial charge < -0.3 is 10.6 Å². The largest absolute Gasteiger partial charge is 0.374 e. The molecule has 0 radical (unpaired) electrons. The van der Waals surface area contributed by atoms with E-state index in [2.05, 4.69) is 36.2 Å². The summed E-state index contributed by atoms with van der Waals surface area (Å²) in [7, 11) is 2.13. The van der Waals surface area contributed by atoms with E-state index in [9.17, 15) is 0 Å². The van der Waals surface area contributed by atoms with E-state index in [1.807, 2.05) is 19.1 Å². The lowest BCUT2D eigenvalue weighted by atomic mass is 9.98. The zero-order valence-electron chi connectivity index (χ0n) is 11.9. The Morgan fingerprint density at radius 2 is 2.00 bits per heavy atom. The number of benzene rings is 2. The van der Waals surface area contributed by atoms with Gasteiger partial charge in [0.05, 0.1) is 0 Å². The second-order valence-electron chi connectivity index (χ2n) is 5.54. The molecule has 1 aliphatic rings. The van der Waals surface area contributed by atoms with Crippen LogP contribution in [0.3, 0.4) is 0 Å². The number of hydrogen-bond donors (Lipinski definition) is 1. The molecule has 1 aliphatic heterocycles. The average Bonchev–Trinajstić information content (AvgIpc) is 2.80. The first-order chi connectivity index (χ1) is 9.56. The van der Waals surface area contributed by atoms with Crippen LogP contribution in [0.25, 0.3) is 11.1 Å². The van der Waals surface area contributed by atoms with Crippen LogP contribution in [0.1, 0.15) is 24.1 Å². The molecule has 0 fully saturated rings. The zero-order valence-corrected chi connectivity index (χ0v) is 12.6. The summed E-state index contributed by atoms with van der Waals surface area (Å²) in [5, 5.41) is 0.778. The number of halogens is 1. The topological polar surface area (TPSA) is 29.3 Å². The number of fused-ring (bicyclic) bond motifs is 1. The maximum absolute atomic E-state index is 6.36. The first-order valence-corrected chi connectivity index (χ1v) is 7.33. The molecule has 0 spiro atoms. The number of likely N-dealkylation sites (N-methyl/N-ethyl adjacent to an activating group) is 1. The molecule has 3 rings (SSSR count). The Balaban J connectivity index is 2.07. The maximum atomic E-state index is 6.36. The van der Waals surface area contributed by atoms with Gasteiger partial charge in [0.25, 0.3) is 0 Å². The summed E-state index contributed by atoms with van der Waals surface area (Å²) in [4.78, 5) is 2.29. The smallest absolute Gasteiger partial charge is 0.0484 e. The van der Waals surface area contributed by atoms with E-state index in [4.69, 9.17) is 17.3 Å². The standard InChI is InChI=1S/C17H19ClN2/c1-11(19)12-3-5-16(18)15(10-12)13-4-6-17-14(9-13)7-8-20(17)2/h3-6,9-11H,7-8,19H2,1-2H3. The van der Waals surface area contributed by atoms with Crippen molar-refractivity contribution in [3.05, 3.63) is 52.5 Å². The van der Waals surface area contributed by atoms with Gasteiger partial charge in [-0.15, -0.1) is 0 Å². The molecular formula is C17H19ClN2. The zero-order chi connectivity index (χ0) is 14.3. The molecule has 2 N–H and O–H groups in total. The average molecular weight is 287 g/mol. The third-order valence-electron chi connectivity index (χ3n) is 4.03. The minimum absolute atomic E-state index is 0.0200. The van der Waals surface area contributed by atoms with Crippen LogP contribution in [0.5, 0.6) is 0 Å². The van der Waals surface area contributed by atoms with Crippen LogP contribution >= 0.6 is 11.6 Å². The highest BCUT2D eigenvalue weighted by Gasteiger charge is 2.17. The number of rotatable bonds is 2. The highest BCUT2D eigenvalue weighted by molar-refractivity contribution is 6.33. The summed E-state index contributed by atoms with van der Waals surface area (Å²) in [5.41, 5.74) is 12.0. The lowest BCUT2D eigenvalue weighted by molar-refractivity contribution is 0.819. The van der Waals surface area contributed by atoms with Crippen molar-refractivity contribution in [2.75, 3.05) is 18.5 Å². The fourth-order valence-corrected chi connectivity index (χ4v) is 3.01. The highest BCUT2D eigenvalue weighted by atomic mass is 35.5. The Kier molecular flexibility index (Phi) is 3.45. The Labute approximate surface area is 125 Å². The molecule has 104 valence electrons. The number of hydrogen-bond acceptors (Lipinski definition) is 2. The molecule has 0 amide bonds. The Morgan fingerprint density at radius 3 is 2.75 bits per heavy atom. The van der Waals surface area contributed by atoms with Gasteiger partial charge in [0, 0.05) is 35.9 Å². The van der Waals surface area contributed by atoms with Gasteiger partial charge >= 0.3 is 0 Å². The number of anilines is 1. The van der Waals surface area contributed by atoms with E-state index in [1.54, 1.807) is 0 Å². The maximum Gasteiger partial charge on any atom is 0.0484 e. The van der Waals surface area contributed by atoms with Gasteiger partial charge in [-0.25, -0.2) is 0 Å². The van der Waals surface area contributed by atoms with Crippen LogP contribution in [-0.2, 0) is 6.42 Å². The molecule has 2 aromatic carbocycles. The molecule has 0 saturated carbocycles. The third-order valence-corrected chi connectivity index (χ3v) is 4.36. The highest BCUT2D eigenvalue weighted by Crippen LogP contribution is 2.35. The van der Waals surface area contributed by atoms with Crippen molar-refractivity contribution >= 4 is 17.3 Å². The van der Waals surface area contributed by atoms with Crippen LogP contribution in [0.2, 0.25) is 5.02 Å². The second kappa shape index (κ2) is 5.12. The van der Waals surface area contributed by atoms with Crippen LogP contribution < -0.4 is 10.6 Å². The summed E-state index contributed by atoms with van der Waals surface area (Å²) in [5.74, 6) is 0. The molecular weight excluding hydrogens is 268 g/mol. The van der Waals surface area contributed by atoms with Gasteiger partial charge in [-0.05, 0) is 54.3 Å². The summed E-state index contributed by atoms with van der Waals surface area (Å²) in [6, 6.07) is 12.6. The summed E-state index contributed by atoms with van der Waals surface area (Å²) in [6.45, 7) is 3.08. The van der Waals surface area contributed by atoms with E-state index >= 15 is 0 Å². The van der Waals surface area contributed by atoms with Gasteiger partial charge in [0.15, 0.2) is 0 Å². The van der Waals surface area contributed by atoms with Crippen molar-refractivity contribution in [2.24, 2.45) is 5.73 Å². The molecule has 3 heteroatoms. The predicted octanol–water partition coefficient (Wildman–Crippen LogP) is 4.02. The van der Waals surface area contributed by atoms with Crippen molar-refractivity contribution in [3.63, 3.8) is 0 Å². The van der Waals surface area contributed by atoms with E-state index < -0.39 is 0 Å². The number of nitrogens with zero attached hydrogens (tertiary/aromatic N) is 1. The lowest BCUT2D eigenvalue weighted by Gasteiger charge is -2.14. The van der Waals surface area contributed by atoms with Crippen molar-refractivity contribution in [1.29, 1.82) is 0 Å². The molecule has 20 heavy (non-hydrogen) atoms. The molecule has 1 heterocycles. The fourth-order valence-electron chi connectivity index (χ4n) is 2.78. The molecule has 2 aromatic rings. The van der Waals surface area contributed by atoms with Gasteiger partial charge in [0.2, 0.25) is 0 Å². The monoisotopic (exact) mass is 286 g/mol. The molecule has 1 atom stereocenters. The minimum atomic E-state index is 0.0200. The fraction of sp³-hybridized carbons (Fsp3) is 0.294. The third kappa shape index (κ3) is 2.30. The second-order valence-corrected chi connectivity index (χ2v) is 5.95. The first-order valence-electron chi connectivity index (χ1n) is 6.96. The normalized spacial score (nSPS) is 15.3. The molecule has 0 aromatic heterocycles. The Bertz CT molecular complexity index is 649. The quantitative estimate of drug-likeness (QED) is 0.903. The van der Waals surface area contributed by atoms with Crippen LogP contribution in [0.4, 0.5) is 5.69 Å². The van der Waals surface area contributed by atoms with Gasteiger partial charge in [0.1, 0.15) is 0 Å². The molecule has 2 nitrogen and oxygen atoms in total. The van der Waals surface area contributed by atoms with Gasteiger partial charge in [-0.1, -0.05) is 23.7 Å². The number of nitrogens with two attached hydrogens (primary N) is 1. The minimum Gasteiger partial charge on any atom is -0.374 e. The van der Waals surface area contributed by atoms with Crippen molar-refractivity contribution in [1.82, 2.24) is 0 Å². The SMILES string of the molecule is CC(N)c1ccc(Cl)c(-c2ccc3c(c2)CCN3C)c1. The van der Waals surface area contributed by atoms with Crippen molar-refractivity contribution in [3.8, 4) is 11.1 Å². The summed E-state index contributed by atoms with van der Waals surface area (Å²) in [6.07, 6.45) is 1.10. The van der Waals surface area contributed by atoms with Crippen molar-refractivity contribution in [2.45, 2.75) is 19.4 Å². The van der Waals surface area contributed by atoms with Crippen LogP contribution in [0.15, 0.2) is 36.4 Å². The summed E-state index contributed by atoms with van der Waals surface area (Å²) >= 11 is 6.36. The van der Waals surface area contributed by atoms with E-state index in [1.165, 1.54) is 16.8 Å². The molecule has 0 bridgehead atoms. The molecule has 1 unspecified atom stereocenters. The predicted molar refractivity (Wildman–Crippen MR) is 86.5 cm³/mol. The molecule has 0 aliphatic carbocycles. The summed E-state index contributed by atoms with van der Waals surface area (Å²) < 4.78 is 0. The lowest BCUT2D eigenvalue weighted by Crippen LogP contribution is -2.12. The first kappa shape index (κ1) is 13.5. The van der Waals surface area contributed by atoms with E-state index in [0.29, 0.717) is 0 Å². The molecule has 0 saturated heterocycles. The van der Waals surface area contributed by atoms with Gasteiger partial charge in [-0.3, -0.25) is 0 Å². The van der Waals surface area contributed by atoms with E-state index in [0.717, 1.165) is 29.1 Å². The Hall–Kier alpha value is -1.51. The Morgan fingerprint density at radius 1 is 1.20 bits per heavy atom. The van der Waals surface area contributed by atoms with Crippen LogP contribution in [-0.4, -0.2) is 13.6 Å². The van der Waals surface area contributed by atoms with Gasteiger partial charge in [-0.2, -0.15) is 0 Å². The van der Waals surface area contributed by atoms with E-state index in [-0.39, 0.29) is 6.04 Å². The van der Waals surface area contributed by atoms with Crippen molar-refractivity contribution < 1.29 is 0 Å². The van der Waals surface area contributed by atoms with Crippen LogP contribution in [0, 0.1) is 0 Å².